The lowest BCUT2D eigenvalue weighted by molar-refractivity contribution is -0.117. The first kappa shape index (κ1) is 11.7. The summed E-state index contributed by atoms with van der Waals surface area (Å²) in [5.41, 5.74) is 6.39. The first-order valence-corrected chi connectivity index (χ1v) is 5.12. The summed E-state index contributed by atoms with van der Waals surface area (Å²) in [6.07, 6.45) is 0. The second-order valence-corrected chi connectivity index (χ2v) is 3.99. The van der Waals surface area contributed by atoms with Gasteiger partial charge < -0.3 is 11.1 Å². The Morgan fingerprint density at radius 3 is 2.73 bits per heavy atom. The number of amides is 2. The third kappa shape index (κ3) is 3.36. The fraction of sp³-hybridized carbons (Fsp3) is 0.200. The van der Waals surface area contributed by atoms with E-state index < -0.39 is 5.91 Å². The number of nitrogens with one attached hydrogen (secondary N) is 1. The highest BCUT2D eigenvalue weighted by Crippen LogP contribution is 2.17. The largest absolute Gasteiger partial charge is 0.368 e. The number of hydrogen-bond donors (Lipinski definition) is 2. The van der Waals surface area contributed by atoms with E-state index in [-0.39, 0.29) is 12.5 Å². The first-order valence-electron chi connectivity index (χ1n) is 4.33. The lowest BCUT2D eigenvalue weighted by Gasteiger charge is -2.05. The molecule has 0 aliphatic rings. The molecule has 0 heterocycles. The lowest BCUT2D eigenvalue weighted by atomic mass is 10.1. The van der Waals surface area contributed by atoms with Gasteiger partial charge in [0.25, 0.3) is 5.91 Å². The molecule has 0 fully saturated rings. The second kappa shape index (κ2) is 4.93. The Balaban J connectivity index is 2.81. The molecular weight excluding hydrogens is 260 g/mol. The summed E-state index contributed by atoms with van der Waals surface area (Å²) in [7, 11) is 0. The zero-order valence-corrected chi connectivity index (χ0v) is 9.80. The van der Waals surface area contributed by atoms with E-state index in [0.717, 1.165) is 5.56 Å². The van der Waals surface area contributed by atoms with E-state index in [1.54, 1.807) is 12.1 Å². The minimum Gasteiger partial charge on any atom is -0.368 e. The molecule has 0 saturated carbocycles. The molecule has 0 atom stereocenters. The number of hydrogen-bond acceptors (Lipinski definition) is 2. The van der Waals surface area contributed by atoms with Crippen molar-refractivity contribution in [3.8, 4) is 0 Å². The van der Waals surface area contributed by atoms with Crippen LogP contribution in [0.2, 0.25) is 0 Å². The third-order valence-corrected chi connectivity index (χ3v) is 2.48. The van der Waals surface area contributed by atoms with Gasteiger partial charge in [0.2, 0.25) is 5.91 Å². The lowest BCUT2D eigenvalue weighted by Crippen LogP contribution is -2.33. The number of primary amides is 1. The van der Waals surface area contributed by atoms with Gasteiger partial charge >= 0.3 is 0 Å². The van der Waals surface area contributed by atoms with Gasteiger partial charge in [0.1, 0.15) is 0 Å². The summed E-state index contributed by atoms with van der Waals surface area (Å²) in [5.74, 6) is -0.878. The van der Waals surface area contributed by atoms with Gasteiger partial charge in [-0.25, -0.2) is 0 Å². The Morgan fingerprint density at radius 2 is 2.13 bits per heavy atom. The van der Waals surface area contributed by atoms with Crippen molar-refractivity contribution in [2.75, 3.05) is 6.54 Å². The predicted octanol–water partition coefficient (Wildman–Crippen LogP) is 0.973. The van der Waals surface area contributed by atoms with Crippen LogP contribution in [0.3, 0.4) is 0 Å². The van der Waals surface area contributed by atoms with Gasteiger partial charge in [-0.3, -0.25) is 9.59 Å². The van der Waals surface area contributed by atoms with E-state index in [1.807, 2.05) is 13.0 Å². The molecule has 0 unspecified atom stereocenters. The monoisotopic (exact) mass is 270 g/mol. The highest BCUT2D eigenvalue weighted by molar-refractivity contribution is 9.10. The molecule has 15 heavy (non-hydrogen) atoms. The number of benzene rings is 1. The van der Waals surface area contributed by atoms with Gasteiger partial charge in [0.05, 0.1) is 12.1 Å². The molecule has 4 nitrogen and oxygen atoms in total. The molecule has 80 valence electrons. The fourth-order valence-electron chi connectivity index (χ4n) is 1.08. The van der Waals surface area contributed by atoms with Gasteiger partial charge in [0.15, 0.2) is 0 Å². The van der Waals surface area contributed by atoms with Crippen LogP contribution in [0.1, 0.15) is 15.9 Å². The highest BCUT2D eigenvalue weighted by atomic mass is 79.9. The summed E-state index contributed by atoms with van der Waals surface area (Å²) in [4.78, 5) is 22.1. The molecule has 2 amide bonds. The number of carbonyl (C=O) groups is 2. The Kier molecular flexibility index (Phi) is 3.85. The smallest absolute Gasteiger partial charge is 0.252 e. The van der Waals surface area contributed by atoms with Crippen LogP contribution in [0.4, 0.5) is 0 Å². The maximum atomic E-state index is 11.6. The molecule has 0 bridgehead atoms. The van der Waals surface area contributed by atoms with E-state index >= 15 is 0 Å². The summed E-state index contributed by atoms with van der Waals surface area (Å²) in [6, 6.07) is 5.41. The number of aryl methyl sites for hydroxylation is 1. The Labute approximate surface area is 96.0 Å². The minimum atomic E-state index is -0.563. The average molecular weight is 271 g/mol. The van der Waals surface area contributed by atoms with Gasteiger partial charge in [-0.1, -0.05) is 11.6 Å². The molecule has 0 aromatic heterocycles. The van der Waals surface area contributed by atoms with Crippen molar-refractivity contribution in [1.29, 1.82) is 0 Å². The van der Waals surface area contributed by atoms with Gasteiger partial charge in [0, 0.05) is 4.47 Å². The Bertz CT molecular complexity index is 404. The van der Waals surface area contributed by atoms with Crippen LogP contribution in [-0.2, 0) is 4.79 Å². The molecule has 1 aromatic carbocycles. The maximum Gasteiger partial charge on any atom is 0.252 e. The molecular formula is C10H11BrN2O2. The average Bonchev–Trinajstić information content (AvgIpc) is 2.18. The van der Waals surface area contributed by atoms with Crippen molar-refractivity contribution >= 4 is 27.7 Å². The molecule has 5 heteroatoms. The van der Waals surface area contributed by atoms with Crippen molar-refractivity contribution < 1.29 is 9.59 Å². The van der Waals surface area contributed by atoms with Gasteiger partial charge in [-0.15, -0.1) is 0 Å². The Hall–Kier alpha value is -1.36. The maximum absolute atomic E-state index is 11.6. The van der Waals surface area contributed by atoms with Crippen LogP contribution in [0.5, 0.6) is 0 Å². The Morgan fingerprint density at radius 1 is 1.47 bits per heavy atom. The second-order valence-electron chi connectivity index (χ2n) is 3.13. The molecule has 0 aliphatic heterocycles. The summed E-state index contributed by atoms with van der Waals surface area (Å²) in [6.45, 7) is 1.73. The van der Waals surface area contributed by atoms with Crippen molar-refractivity contribution in [2.24, 2.45) is 5.73 Å². The predicted molar refractivity (Wildman–Crippen MR) is 60.4 cm³/mol. The highest BCUT2D eigenvalue weighted by Gasteiger charge is 2.10. The van der Waals surface area contributed by atoms with Crippen molar-refractivity contribution in [1.82, 2.24) is 5.32 Å². The normalized spacial score (nSPS) is 9.73. The number of carbonyl (C=O) groups excluding carboxylic acids is 2. The van der Waals surface area contributed by atoms with Crippen molar-refractivity contribution in [2.45, 2.75) is 6.92 Å². The summed E-state index contributed by atoms with van der Waals surface area (Å²) >= 11 is 3.26. The first-order chi connectivity index (χ1) is 7.00. The van der Waals surface area contributed by atoms with Crippen LogP contribution in [-0.4, -0.2) is 18.4 Å². The fourth-order valence-corrected chi connectivity index (χ4v) is 1.50. The topological polar surface area (TPSA) is 72.2 Å². The zero-order valence-electron chi connectivity index (χ0n) is 8.21. The summed E-state index contributed by atoms with van der Waals surface area (Å²) < 4.78 is 0.690. The van der Waals surface area contributed by atoms with Crippen LogP contribution in [0.15, 0.2) is 22.7 Å². The van der Waals surface area contributed by atoms with Gasteiger partial charge in [-0.2, -0.15) is 0 Å². The standard InChI is InChI=1S/C10H11BrN2O2/c1-6-2-3-8(11)7(4-6)10(15)13-5-9(12)14/h2-4H,5H2,1H3,(H2,12,14)(H,13,15). The molecule has 0 spiro atoms. The van der Waals surface area contributed by atoms with E-state index in [0.29, 0.717) is 10.0 Å². The van der Waals surface area contributed by atoms with Crippen LogP contribution < -0.4 is 11.1 Å². The molecule has 1 aromatic rings. The number of rotatable bonds is 3. The van der Waals surface area contributed by atoms with E-state index in [9.17, 15) is 9.59 Å². The van der Waals surface area contributed by atoms with Crippen LogP contribution >= 0.6 is 15.9 Å². The van der Waals surface area contributed by atoms with Crippen molar-refractivity contribution in [3.05, 3.63) is 33.8 Å². The SMILES string of the molecule is Cc1ccc(Br)c(C(=O)NCC(N)=O)c1. The minimum absolute atomic E-state index is 0.154. The van der Waals surface area contributed by atoms with Crippen molar-refractivity contribution in [3.63, 3.8) is 0 Å². The van der Waals surface area contributed by atoms with Gasteiger partial charge in [-0.05, 0) is 35.0 Å². The third-order valence-electron chi connectivity index (χ3n) is 1.79. The van der Waals surface area contributed by atoms with E-state index in [2.05, 4.69) is 21.2 Å². The molecule has 0 saturated heterocycles. The zero-order chi connectivity index (χ0) is 11.4. The van der Waals surface area contributed by atoms with Crippen LogP contribution in [0, 0.1) is 6.92 Å². The molecule has 1 rings (SSSR count). The number of nitrogens with two attached hydrogens (primary N) is 1. The molecule has 0 radical (unpaired) electrons. The van der Waals surface area contributed by atoms with E-state index in [1.165, 1.54) is 0 Å². The number of halogens is 1. The van der Waals surface area contributed by atoms with Crippen LogP contribution in [0.25, 0.3) is 0 Å². The van der Waals surface area contributed by atoms with E-state index in [4.69, 9.17) is 5.73 Å². The molecule has 3 N–H and O–H groups in total. The quantitative estimate of drug-likeness (QED) is 0.859. The molecule has 0 aliphatic carbocycles. The summed E-state index contributed by atoms with van der Waals surface area (Å²) in [5, 5.41) is 2.42.